The van der Waals surface area contributed by atoms with Gasteiger partial charge in [-0.25, -0.2) is 4.98 Å². The normalized spacial score (nSPS) is 11.5. The first-order valence-electron chi connectivity index (χ1n) is 6.35. The summed E-state index contributed by atoms with van der Waals surface area (Å²) in [6.07, 6.45) is 4.49. The zero-order valence-corrected chi connectivity index (χ0v) is 11.3. The highest BCUT2D eigenvalue weighted by molar-refractivity contribution is 5.81. The van der Waals surface area contributed by atoms with Crippen LogP contribution in [0.5, 0.6) is 0 Å². The number of nitrogens with two attached hydrogens (primary N) is 2. The third kappa shape index (κ3) is 5.27. The topological polar surface area (TPSA) is 82.0 Å². The first kappa shape index (κ1) is 14.6. The lowest BCUT2D eigenvalue weighted by Gasteiger charge is -2.23. The number of rotatable bonds is 7. The molecule has 0 saturated carbocycles. The minimum atomic E-state index is 0.141. The molecule has 0 spiro atoms. The number of anilines is 1. The fourth-order valence-corrected chi connectivity index (χ4v) is 1.91. The van der Waals surface area contributed by atoms with E-state index in [9.17, 15) is 4.79 Å². The Hall–Kier alpha value is -1.42. The van der Waals surface area contributed by atoms with Crippen molar-refractivity contribution in [1.29, 1.82) is 0 Å². The van der Waals surface area contributed by atoms with Gasteiger partial charge in [0.25, 0.3) is 0 Å². The zero-order chi connectivity index (χ0) is 13.6. The highest BCUT2D eigenvalue weighted by atomic mass is 16.1. The van der Waals surface area contributed by atoms with Crippen LogP contribution in [0.4, 0.5) is 5.82 Å². The van der Waals surface area contributed by atoms with Crippen LogP contribution in [-0.2, 0) is 11.2 Å². The predicted octanol–water partition coefficient (Wildman–Crippen LogP) is 1.93. The molecule has 0 aromatic carbocycles. The van der Waals surface area contributed by atoms with Crippen LogP contribution in [0.15, 0.2) is 18.3 Å². The van der Waals surface area contributed by atoms with E-state index in [0.29, 0.717) is 25.2 Å². The van der Waals surface area contributed by atoms with Crippen LogP contribution in [0.25, 0.3) is 0 Å². The molecule has 0 amide bonds. The van der Waals surface area contributed by atoms with Crippen molar-refractivity contribution in [1.82, 2.24) is 4.98 Å². The van der Waals surface area contributed by atoms with Gasteiger partial charge in [-0.15, -0.1) is 0 Å². The summed E-state index contributed by atoms with van der Waals surface area (Å²) in [5.41, 5.74) is 12.2. The van der Waals surface area contributed by atoms with Gasteiger partial charge in [0.05, 0.1) is 0 Å². The van der Waals surface area contributed by atoms with Crippen LogP contribution < -0.4 is 11.5 Å². The number of nitrogen functional groups attached to an aromatic ring is 1. The second-order valence-electron chi connectivity index (χ2n) is 5.51. The Kier molecular flexibility index (Phi) is 5.28. The third-order valence-electron chi connectivity index (χ3n) is 3.15. The average Bonchev–Trinajstić information content (AvgIpc) is 2.26. The third-order valence-corrected chi connectivity index (χ3v) is 3.15. The quantitative estimate of drug-likeness (QED) is 0.773. The summed E-state index contributed by atoms with van der Waals surface area (Å²) in [4.78, 5) is 15.8. The zero-order valence-electron chi connectivity index (χ0n) is 11.3. The number of Topliss-reactive ketones (excluding diaryl/α,β-unsaturated/α-hetero) is 1. The Morgan fingerprint density at radius 2 is 2.11 bits per heavy atom. The minimum Gasteiger partial charge on any atom is -0.384 e. The lowest BCUT2D eigenvalue weighted by Crippen LogP contribution is -2.18. The van der Waals surface area contributed by atoms with E-state index in [2.05, 4.69) is 18.8 Å². The molecule has 0 aliphatic heterocycles. The van der Waals surface area contributed by atoms with Crippen molar-refractivity contribution >= 4 is 11.6 Å². The molecule has 18 heavy (non-hydrogen) atoms. The summed E-state index contributed by atoms with van der Waals surface area (Å²) in [6.45, 7) is 4.97. The first-order chi connectivity index (χ1) is 8.43. The minimum absolute atomic E-state index is 0.141. The highest BCUT2D eigenvalue weighted by Gasteiger charge is 2.18. The molecule has 4 N–H and O–H groups in total. The molecule has 0 atom stereocenters. The van der Waals surface area contributed by atoms with Crippen molar-refractivity contribution in [3.8, 4) is 0 Å². The highest BCUT2D eigenvalue weighted by Crippen LogP contribution is 2.26. The fraction of sp³-hybridized carbons (Fsp3) is 0.571. The van der Waals surface area contributed by atoms with Gasteiger partial charge in [0, 0.05) is 19.0 Å². The van der Waals surface area contributed by atoms with Crippen LogP contribution in [0, 0.1) is 5.41 Å². The van der Waals surface area contributed by atoms with Gasteiger partial charge in [-0.3, -0.25) is 4.79 Å². The number of aromatic nitrogens is 1. The maximum Gasteiger partial charge on any atom is 0.137 e. The Labute approximate surface area is 109 Å². The summed E-state index contributed by atoms with van der Waals surface area (Å²) in [5, 5.41) is 0. The number of carbonyl (C=O) groups is 1. The summed E-state index contributed by atoms with van der Waals surface area (Å²) < 4.78 is 0. The maximum absolute atomic E-state index is 11.9. The molecule has 1 aromatic rings. The summed E-state index contributed by atoms with van der Waals surface area (Å²) >= 11 is 0. The van der Waals surface area contributed by atoms with Crippen molar-refractivity contribution in [3.63, 3.8) is 0 Å². The fourth-order valence-electron chi connectivity index (χ4n) is 1.91. The van der Waals surface area contributed by atoms with E-state index in [0.717, 1.165) is 18.4 Å². The van der Waals surface area contributed by atoms with E-state index in [-0.39, 0.29) is 11.2 Å². The molecule has 0 radical (unpaired) electrons. The summed E-state index contributed by atoms with van der Waals surface area (Å²) in [6, 6.07) is 3.59. The van der Waals surface area contributed by atoms with E-state index in [1.165, 1.54) is 0 Å². The maximum atomic E-state index is 11.9. The molecular weight excluding hydrogens is 226 g/mol. The Morgan fingerprint density at radius 1 is 1.39 bits per heavy atom. The van der Waals surface area contributed by atoms with Crippen molar-refractivity contribution in [2.45, 2.75) is 39.5 Å². The molecular formula is C14H23N3O. The molecule has 1 rings (SSSR count). The van der Waals surface area contributed by atoms with E-state index < -0.39 is 0 Å². The Balaban J connectivity index is 2.43. The monoisotopic (exact) mass is 249 g/mol. The summed E-state index contributed by atoms with van der Waals surface area (Å²) in [7, 11) is 0. The largest absolute Gasteiger partial charge is 0.384 e. The molecule has 0 unspecified atom stereocenters. The van der Waals surface area contributed by atoms with Crippen LogP contribution in [0.1, 0.15) is 38.7 Å². The van der Waals surface area contributed by atoms with Gasteiger partial charge < -0.3 is 11.5 Å². The van der Waals surface area contributed by atoms with Crippen LogP contribution in [-0.4, -0.2) is 17.3 Å². The number of carbonyl (C=O) groups excluding carboxylic acids is 1. The van der Waals surface area contributed by atoms with Crippen LogP contribution in [0.2, 0.25) is 0 Å². The second kappa shape index (κ2) is 6.50. The first-order valence-corrected chi connectivity index (χ1v) is 6.35. The van der Waals surface area contributed by atoms with Gasteiger partial charge in [-0.1, -0.05) is 13.8 Å². The van der Waals surface area contributed by atoms with E-state index >= 15 is 0 Å². The molecule has 0 fully saturated rings. The number of hydrogen-bond donors (Lipinski definition) is 2. The SMILES string of the molecule is CC(C)(CCN)CCC(=O)Cc1ccnc(N)c1. The summed E-state index contributed by atoms with van der Waals surface area (Å²) in [5.74, 6) is 0.703. The molecule has 0 aliphatic rings. The van der Waals surface area contributed by atoms with Gasteiger partial charge in [0.1, 0.15) is 11.6 Å². The number of pyridine rings is 1. The van der Waals surface area contributed by atoms with Gasteiger partial charge in [0.2, 0.25) is 0 Å². The molecule has 0 bridgehead atoms. The number of nitrogens with zero attached hydrogens (tertiary/aromatic N) is 1. The molecule has 0 aliphatic carbocycles. The lowest BCUT2D eigenvalue weighted by atomic mass is 9.83. The molecule has 4 nitrogen and oxygen atoms in total. The molecule has 100 valence electrons. The average molecular weight is 249 g/mol. The van der Waals surface area contributed by atoms with Crippen molar-refractivity contribution in [2.24, 2.45) is 11.1 Å². The standard InChI is InChI=1S/C14H23N3O/c1-14(2,6-7-15)5-3-12(18)9-11-4-8-17-13(16)10-11/h4,8,10H,3,5-7,9,15H2,1-2H3,(H2,16,17). The van der Waals surface area contributed by atoms with E-state index in [4.69, 9.17) is 11.5 Å². The smallest absolute Gasteiger partial charge is 0.137 e. The molecule has 4 heteroatoms. The predicted molar refractivity (Wildman–Crippen MR) is 74.0 cm³/mol. The van der Waals surface area contributed by atoms with Gasteiger partial charge >= 0.3 is 0 Å². The Morgan fingerprint density at radius 3 is 2.72 bits per heavy atom. The van der Waals surface area contributed by atoms with Crippen molar-refractivity contribution < 1.29 is 4.79 Å². The number of ketones is 1. The van der Waals surface area contributed by atoms with Gasteiger partial charge in [-0.05, 0) is 42.5 Å². The van der Waals surface area contributed by atoms with Gasteiger partial charge in [0.15, 0.2) is 0 Å². The lowest BCUT2D eigenvalue weighted by molar-refractivity contribution is -0.119. The molecule has 1 aromatic heterocycles. The molecule has 1 heterocycles. The number of hydrogen-bond acceptors (Lipinski definition) is 4. The van der Waals surface area contributed by atoms with E-state index in [1.54, 1.807) is 12.3 Å². The van der Waals surface area contributed by atoms with Crippen LogP contribution in [0.3, 0.4) is 0 Å². The second-order valence-corrected chi connectivity index (χ2v) is 5.51. The van der Waals surface area contributed by atoms with Crippen LogP contribution >= 0.6 is 0 Å². The van der Waals surface area contributed by atoms with Crippen molar-refractivity contribution in [3.05, 3.63) is 23.9 Å². The van der Waals surface area contributed by atoms with Crippen molar-refractivity contribution in [2.75, 3.05) is 12.3 Å². The van der Waals surface area contributed by atoms with E-state index in [1.807, 2.05) is 6.07 Å². The Bertz CT molecular complexity index is 402. The molecule has 0 saturated heterocycles. The van der Waals surface area contributed by atoms with Gasteiger partial charge in [-0.2, -0.15) is 0 Å².